The Morgan fingerprint density at radius 2 is 1.87 bits per heavy atom. The number of anilines is 1. The van der Waals surface area contributed by atoms with E-state index in [0.29, 0.717) is 41.5 Å². The van der Waals surface area contributed by atoms with Crippen molar-refractivity contribution in [2.75, 3.05) is 33.8 Å². The molecule has 1 aliphatic rings. The Labute approximate surface area is 177 Å². The van der Waals surface area contributed by atoms with Gasteiger partial charge in [0.25, 0.3) is 11.8 Å². The van der Waals surface area contributed by atoms with Crippen LogP contribution in [0.2, 0.25) is 0 Å². The lowest BCUT2D eigenvalue weighted by Gasteiger charge is -2.14. The van der Waals surface area contributed by atoms with E-state index in [1.165, 1.54) is 18.4 Å². The molecule has 1 aromatic carbocycles. The summed E-state index contributed by atoms with van der Waals surface area (Å²) >= 11 is 1.39. The van der Waals surface area contributed by atoms with E-state index in [1.807, 2.05) is 17.5 Å². The molecule has 10 heteroatoms. The van der Waals surface area contributed by atoms with Gasteiger partial charge >= 0.3 is 0 Å². The minimum Gasteiger partial charge on any atom is -0.496 e. The number of hydrogen-bond donors (Lipinski definition) is 2. The second-order valence-electron chi connectivity index (χ2n) is 7.02. The maximum atomic E-state index is 12.4. The van der Waals surface area contributed by atoms with Crippen molar-refractivity contribution in [1.82, 2.24) is 9.61 Å². The van der Waals surface area contributed by atoms with Crippen molar-refractivity contribution in [3.05, 3.63) is 23.1 Å². The minimum atomic E-state index is -1.30. The molecule has 30 heavy (non-hydrogen) atoms. The number of carbonyl (C=O) groups excluding carboxylic acids is 1. The van der Waals surface area contributed by atoms with Gasteiger partial charge in [0.15, 0.2) is 0 Å². The molecule has 0 atom stereocenters. The maximum Gasteiger partial charge on any atom is 0.258 e. The predicted octanol–water partition coefficient (Wildman–Crippen LogP) is 2.70. The lowest BCUT2D eigenvalue weighted by molar-refractivity contribution is -0.125. The van der Waals surface area contributed by atoms with E-state index in [9.17, 15) is 9.90 Å². The fraction of sp³-hybridized carbons (Fsp3) is 0.400. The Hall–Kier alpha value is -2.82. The van der Waals surface area contributed by atoms with E-state index in [0.717, 1.165) is 16.8 Å². The molecule has 0 unspecified atom stereocenters. The lowest BCUT2D eigenvalue weighted by atomic mass is 10.1. The number of hydrogen-bond acceptors (Lipinski definition) is 8. The fourth-order valence-electron chi connectivity index (χ4n) is 3.28. The Bertz CT molecular complexity index is 1080. The zero-order valence-electron chi connectivity index (χ0n) is 17.1. The van der Waals surface area contributed by atoms with E-state index in [-0.39, 0.29) is 5.88 Å². The van der Waals surface area contributed by atoms with Crippen molar-refractivity contribution in [3.63, 3.8) is 0 Å². The Balaban J connectivity index is 1.84. The number of fused-ring (bicyclic) bond motifs is 1. The van der Waals surface area contributed by atoms with Crippen LogP contribution in [0.5, 0.6) is 17.4 Å². The zero-order valence-corrected chi connectivity index (χ0v) is 18.0. The number of rotatable bonds is 8. The molecular weight excluding hydrogens is 410 g/mol. The summed E-state index contributed by atoms with van der Waals surface area (Å²) in [6, 6.07) is 3.77. The number of aliphatic hydroxyl groups is 1. The molecule has 0 spiro atoms. The summed E-state index contributed by atoms with van der Waals surface area (Å²) in [5.41, 5.74) is 1.47. The van der Waals surface area contributed by atoms with Crippen LogP contribution in [0.25, 0.3) is 16.1 Å². The Morgan fingerprint density at radius 3 is 2.40 bits per heavy atom. The van der Waals surface area contributed by atoms with Crippen molar-refractivity contribution < 1.29 is 28.8 Å². The highest BCUT2D eigenvalue weighted by Gasteiger charge is 2.48. The largest absolute Gasteiger partial charge is 0.496 e. The Kier molecular flexibility index (Phi) is 5.31. The lowest BCUT2D eigenvalue weighted by Crippen LogP contribution is -2.29. The minimum absolute atomic E-state index is 0.259. The smallest absolute Gasteiger partial charge is 0.258 e. The molecule has 1 saturated carbocycles. The van der Waals surface area contributed by atoms with E-state index < -0.39 is 11.5 Å². The zero-order chi connectivity index (χ0) is 21.5. The molecule has 2 aromatic heterocycles. The molecule has 1 amide bonds. The van der Waals surface area contributed by atoms with Gasteiger partial charge in [-0.05, 0) is 30.5 Å². The van der Waals surface area contributed by atoms with Crippen LogP contribution >= 0.6 is 11.3 Å². The first-order valence-corrected chi connectivity index (χ1v) is 10.2. The van der Waals surface area contributed by atoms with Gasteiger partial charge in [-0.15, -0.1) is 16.4 Å². The summed E-state index contributed by atoms with van der Waals surface area (Å²) in [6.07, 6.45) is 0.896. The molecule has 2 heterocycles. The predicted molar refractivity (Wildman–Crippen MR) is 112 cm³/mol. The highest BCUT2D eigenvalue weighted by atomic mass is 32.1. The number of nitrogens with zero attached hydrogens (tertiary/aromatic N) is 2. The van der Waals surface area contributed by atoms with Crippen molar-refractivity contribution in [2.45, 2.75) is 25.0 Å². The molecule has 0 radical (unpaired) electrons. The van der Waals surface area contributed by atoms with Crippen LogP contribution in [0.4, 0.5) is 5.69 Å². The normalized spacial score (nSPS) is 14.6. The standard InChI is InChI=1S/C20H23N3O6S/c1-26-9-11-7-13(27-2)15(14(8-11)28-3)12-10-30-18-16(17(29-4)22-23(12)18)21-19(24)20(25)5-6-20/h7-8,10,25H,5-6,9H2,1-4H3,(H,21,24). The molecule has 1 aliphatic carbocycles. The molecule has 3 aromatic rings. The topological polar surface area (TPSA) is 104 Å². The monoisotopic (exact) mass is 433 g/mol. The molecule has 160 valence electrons. The van der Waals surface area contributed by atoms with Gasteiger partial charge in [-0.1, -0.05) is 0 Å². The average molecular weight is 433 g/mol. The third-order valence-corrected chi connectivity index (χ3v) is 5.97. The molecule has 0 aliphatic heterocycles. The SMILES string of the molecule is COCc1cc(OC)c(-c2csc3c(NC(=O)C4(O)CC4)c(OC)nn23)c(OC)c1. The third-order valence-electron chi connectivity index (χ3n) is 5.03. The molecule has 0 saturated heterocycles. The summed E-state index contributed by atoms with van der Waals surface area (Å²) in [5.74, 6) is 1.02. The maximum absolute atomic E-state index is 12.4. The van der Waals surface area contributed by atoms with Crippen molar-refractivity contribution in [1.29, 1.82) is 0 Å². The van der Waals surface area contributed by atoms with Crippen molar-refractivity contribution >= 4 is 27.8 Å². The number of nitrogens with one attached hydrogen (secondary N) is 1. The van der Waals surface area contributed by atoms with E-state index in [1.54, 1.807) is 25.8 Å². The van der Waals surface area contributed by atoms with Gasteiger partial charge in [-0.3, -0.25) is 4.79 Å². The molecule has 9 nitrogen and oxygen atoms in total. The number of ether oxygens (including phenoxy) is 4. The van der Waals surface area contributed by atoms with Crippen LogP contribution < -0.4 is 19.5 Å². The van der Waals surface area contributed by atoms with Crippen LogP contribution in [0.3, 0.4) is 0 Å². The van der Waals surface area contributed by atoms with Crippen LogP contribution in [-0.2, 0) is 16.1 Å². The van der Waals surface area contributed by atoms with E-state index in [2.05, 4.69) is 10.4 Å². The molecule has 4 rings (SSSR count). The second-order valence-corrected chi connectivity index (χ2v) is 7.87. The molecule has 0 bridgehead atoms. The number of amides is 1. The quantitative estimate of drug-likeness (QED) is 0.563. The Morgan fingerprint density at radius 1 is 1.20 bits per heavy atom. The molecule has 2 N–H and O–H groups in total. The summed E-state index contributed by atoms with van der Waals surface area (Å²) in [5, 5.41) is 19.3. The van der Waals surface area contributed by atoms with Crippen LogP contribution in [-0.4, -0.2) is 54.7 Å². The first-order valence-electron chi connectivity index (χ1n) is 9.28. The third kappa shape index (κ3) is 3.36. The van der Waals surface area contributed by atoms with E-state index in [4.69, 9.17) is 18.9 Å². The van der Waals surface area contributed by atoms with Gasteiger partial charge in [0, 0.05) is 12.5 Å². The van der Waals surface area contributed by atoms with Gasteiger partial charge in [0.1, 0.15) is 27.6 Å². The van der Waals surface area contributed by atoms with Gasteiger partial charge in [0.2, 0.25) is 0 Å². The van der Waals surface area contributed by atoms with Crippen molar-refractivity contribution in [2.24, 2.45) is 0 Å². The second kappa shape index (κ2) is 7.78. The first-order chi connectivity index (χ1) is 14.5. The molecule has 1 fully saturated rings. The number of carbonyl (C=O) groups is 1. The van der Waals surface area contributed by atoms with E-state index >= 15 is 0 Å². The highest BCUT2D eigenvalue weighted by molar-refractivity contribution is 7.16. The van der Waals surface area contributed by atoms with Gasteiger partial charge in [0.05, 0.1) is 39.2 Å². The summed E-state index contributed by atoms with van der Waals surface area (Å²) < 4.78 is 23.5. The molecular formula is C20H23N3O6S. The summed E-state index contributed by atoms with van der Waals surface area (Å²) in [4.78, 5) is 13.1. The first kappa shape index (κ1) is 20.5. The van der Waals surface area contributed by atoms with Crippen LogP contribution in [0.15, 0.2) is 17.5 Å². The number of methoxy groups -OCH3 is 4. The number of thiazole rings is 1. The summed E-state index contributed by atoms with van der Waals surface area (Å²) in [6.45, 7) is 0.417. The fourth-order valence-corrected chi connectivity index (χ4v) is 4.21. The average Bonchev–Trinajstić information content (AvgIpc) is 3.24. The van der Waals surface area contributed by atoms with Gasteiger partial charge in [-0.25, -0.2) is 4.52 Å². The highest BCUT2D eigenvalue weighted by Crippen LogP contribution is 2.45. The van der Waals surface area contributed by atoms with Crippen LogP contribution in [0, 0.1) is 0 Å². The van der Waals surface area contributed by atoms with Crippen molar-refractivity contribution in [3.8, 4) is 28.6 Å². The summed E-state index contributed by atoms with van der Waals surface area (Å²) in [7, 11) is 6.28. The number of aromatic nitrogens is 2. The van der Waals surface area contributed by atoms with Gasteiger partial charge < -0.3 is 29.4 Å². The van der Waals surface area contributed by atoms with Gasteiger partial charge in [-0.2, -0.15) is 0 Å². The number of benzene rings is 1. The van der Waals surface area contributed by atoms with Crippen LogP contribution in [0.1, 0.15) is 18.4 Å².